The first-order chi connectivity index (χ1) is 8.18. The topological polar surface area (TPSA) is 49.3 Å². The van der Waals surface area contributed by atoms with E-state index < -0.39 is 6.10 Å². The highest BCUT2D eigenvalue weighted by atomic mass is 16.3. The van der Waals surface area contributed by atoms with Crippen LogP contribution in [0.2, 0.25) is 0 Å². The predicted octanol–water partition coefficient (Wildman–Crippen LogP) is 2.03. The lowest BCUT2D eigenvalue weighted by Gasteiger charge is -2.28. The van der Waals surface area contributed by atoms with Crippen LogP contribution in [0.1, 0.15) is 41.6 Å². The van der Waals surface area contributed by atoms with Crippen molar-refractivity contribution in [3.8, 4) is 0 Å². The number of carbonyl (C=O) groups excluding carboxylic acids is 1. The standard InChI is InChI=1S/C14H19NO2/c1-10-6-2-3-7-11(10)14(17)15-12-8-4-5-9-13(12)16/h2-3,6-7,12-13,16H,4-5,8-9H2,1H3,(H,15,17). The van der Waals surface area contributed by atoms with Crippen molar-refractivity contribution in [2.45, 2.75) is 44.8 Å². The van der Waals surface area contributed by atoms with Crippen molar-refractivity contribution in [1.82, 2.24) is 5.32 Å². The molecule has 0 heterocycles. The van der Waals surface area contributed by atoms with E-state index in [1.54, 1.807) is 0 Å². The van der Waals surface area contributed by atoms with E-state index in [9.17, 15) is 9.90 Å². The minimum absolute atomic E-state index is 0.0750. The maximum Gasteiger partial charge on any atom is 0.251 e. The molecule has 0 radical (unpaired) electrons. The largest absolute Gasteiger partial charge is 0.391 e. The number of nitrogens with one attached hydrogen (secondary N) is 1. The van der Waals surface area contributed by atoms with E-state index in [1.165, 1.54) is 0 Å². The van der Waals surface area contributed by atoms with Gasteiger partial charge in [0.15, 0.2) is 0 Å². The second-order valence-electron chi connectivity index (χ2n) is 4.75. The number of benzene rings is 1. The van der Waals surface area contributed by atoms with Gasteiger partial charge >= 0.3 is 0 Å². The second-order valence-corrected chi connectivity index (χ2v) is 4.75. The smallest absolute Gasteiger partial charge is 0.251 e. The van der Waals surface area contributed by atoms with Crippen molar-refractivity contribution in [3.05, 3.63) is 35.4 Å². The van der Waals surface area contributed by atoms with E-state index in [-0.39, 0.29) is 11.9 Å². The number of hydrogen-bond acceptors (Lipinski definition) is 2. The zero-order valence-electron chi connectivity index (χ0n) is 10.1. The van der Waals surface area contributed by atoms with E-state index in [0.717, 1.165) is 31.2 Å². The van der Waals surface area contributed by atoms with Crippen LogP contribution in [0.5, 0.6) is 0 Å². The van der Waals surface area contributed by atoms with Crippen LogP contribution >= 0.6 is 0 Å². The molecule has 3 heteroatoms. The zero-order chi connectivity index (χ0) is 12.3. The van der Waals surface area contributed by atoms with Gasteiger partial charge in [-0.1, -0.05) is 31.0 Å². The van der Waals surface area contributed by atoms with E-state index in [0.29, 0.717) is 5.56 Å². The number of rotatable bonds is 2. The van der Waals surface area contributed by atoms with Crippen molar-refractivity contribution in [2.75, 3.05) is 0 Å². The maximum atomic E-state index is 12.1. The summed E-state index contributed by atoms with van der Waals surface area (Å²) in [5.41, 5.74) is 1.67. The number of aliphatic hydroxyl groups is 1. The second kappa shape index (κ2) is 5.32. The van der Waals surface area contributed by atoms with Gasteiger partial charge in [-0.3, -0.25) is 4.79 Å². The molecule has 1 aliphatic rings. The van der Waals surface area contributed by atoms with Gasteiger partial charge in [-0.05, 0) is 31.4 Å². The fraction of sp³-hybridized carbons (Fsp3) is 0.500. The molecule has 2 unspecified atom stereocenters. The zero-order valence-corrected chi connectivity index (χ0v) is 10.1. The number of aliphatic hydroxyl groups excluding tert-OH is 1. The average molecular weight is 233 g/mol. The number of aryl methyl sites for hydroxylation is 1. The molecule has 1 aromatic rings. The Bertz CT molecular complexity index is 403. The Morgan fingerprint density at radius 3 is 2.71 bits per heavy atom. The SMILES string of the molecule is Cc1ccccc1C(=O)NC1CCCCC1O. The molecule has 1 aromatic carbocycles. The van der Waals surface area contributed by atoms with E-state index >= 15 is 0 Å². The van der Waals surface area contributed by atoms with Gasteiger partial charge in [0.1, 0.15) is 0 Å². The summed E-state index contributed by atoms with van der Waals surface area (Å²) < 4.78 is 0. The summed E-state index contributed by atoms with van der Waals surface area (Å²) in [4.78, 5) is 12.1. The lowest BCUT2D eigenvalue weighted by atomic mass is 9.92. The van der Waals surface area contributed by atoms with Gasteiger partial charge in [0.2, 0.25) is 0 Å². The van der Waals surface area contributed by atoms with Gasteiger partial charge in [-0.15, -0.1) is 0 Å². The molecule has 1 saturated carbocycles. The molecular formula is C14H19NO2. The van der Waals surface area contributed by atoms with Crippen molar-refractivity contribution in [3.63, 3.8) is 0 Å². The number of amides is 1. The van der Waals surface area contributed by atoms with Crippen LogP contribution in [-0.2, 0) is 0 Å². The number of hydrogen-bond donors (Lipinski definition) is 2. The first-order valence-electron chi connectivity index (χ1n) is 6.23. The van der Waals surface area contributed by atoms with Crippen LogP contribution in [0.4, 0.5) is 0 Å². The Morgan fingerprint density at radius 2 is 2.00 bits per heavy atom. The Morgan fingerprint density at radius 1 is 1.29 bits per heavy atom. The quantitative estimate of drug-likeness (QED) is 0.821. The van der Waals surface area contributed by atoms with Gasteiger partial charge in [-0.2, -0.15) is 0 Å². The Hall–Kier alpha value is -1.35. The lowest BCUT2D eigenvalue weighted by Crippen LogP contribution is -2.45. The third-order valence-electron chi connectivity index (χ3n) is 3.44. The Labute approximate surface area is 102 Å². The minimum Gasteiger partial charge on any atom is -0.391 e. The van der Waals surface area contributed by atoms with Crippen LogP contribution in [0, 0.1) is 6.92 Å². The first kappa shape index (κ1) is 12.1. The molecule has 17 heavy (non-hydrogen) atoms. The summed E-state index contributed by atoms with van der Waals surface area (Å²) in [5, 5.41) is 12.8. The lowest BCUT2D eigenvalue weighted by molar-refractivity contribution is 0.0717. The van der Waals surface area contributed by atoms with Gasteiger partial charge in [0.25, 0.3) is 5.91 Å². The third kappa shape index (κ3) is 2.86. The summed E-state index contributed by atoms with van der Waals surface area (Å²) in [6.07, 6.45) is 3.40. The minimum atomic E-state index is -0.392. The van der Waals surface area contributed by atoms with Crippen LogP contribution in [0.25, 0.3) is 0 Å². The highest BCUT2D eigenvalue weighted by Gasteiger charge is 2.25. The summed E-state index contributed by atoms with van der Waals surface area (Å²) >= 11 is 0. The monoisotopic (exact) mass is 233 g/mol. The van der Waals surface area contributed by atoms with Crippen LogP contribution in [0.3, 0.4) is 0 Å². The normalized spacial score (nSPS) is 24.4. The van der Waals surface area contributed by atoms with Crippen molar-refractivity contribution >= 4 is 5.91 Å². The van der Waals surface area contributed by atoms with Crippen molar-refractivity contribution < 1.29 is 9.90 Å². The molecule has 0 aromatic heterocycles. The molecule has 0 bridgehead atoms. The molecule has 2 N–H and O–H groups in total. The average Bonchev–Trinajstić information content (AvgIpc) is 2.32. The van der Waals surface area contributed by atoms with Crippen molar-refractivity contribution in [1.29, 1.82) is 0 Å². The molecule has 92 valence electrons. The molecule has 2 rings (SSSR count). The maximum absolute atomic E-state index is 12.1. The van der Waals surface area contributed by atoms with E-state index in [2.05, 4.69) is 5.32 Å². The number of carbonyl (C=O) groups is 1. The summed E-state index contributed by atoms with van der Waals surface area (Å²) in [6, 6.07) is 7.43. The summed E-state index contributed by atoms with van der Waals surface area (Å²) in [6.45, 7) is 1.92. The highest BCUT2D eigenvalue weighted by molar-refractivity contribution is 5.95. The van der Waals surface area contributed by atoms with Gasteiger partial charge in [0, 0.05) is 5.56 Å². The fourth-order valence-electron chi connectivity index (χ4n) is 2.35. The van der Waals surface area contributed by atoms with Crippen LogP contribution < -0.4 is 5.32 Å². The van der Waals surface area contributed by atoms with Gasteiger partial charge < -0.3 is 10.4 Å². The predicted molar refractivity (Wildman–Crippen MR) is 66.9 cm³/mol. The van der Waals surface area contributed by atoms with Crippen molar-refractivity contribution in [2.24, 2.45) is 0 Å². The van der Waals surface area contributed by atoms with Crippen LogP contribution in [0.15, 0.2) is 24.3 Å². The summed E-state index contributed by atoms with van der Waals surface area (Å²) in [5.74, 6) is -0.0750. The Balaban J connectivity index is 2.04. The molecule has 1 amide bonds. The molecule has 1 fully saturated rings. The highest BCUT2D eigenvalue weighted by Crippen LogP contribution is 2.19. The third-order valence-corrected chi connectivity index (χ3v) is 3.44. The van der Waals surface area contributed by atoms with E-state index in [1.807, 2.05) is 31.2 Å². The van der Waals surface area contributed by atoms with E-state index in [4.69, 9.17) is 0 Å². The molecular weight excluding hydrogens is 214 g/mol. The Kier molecular flexibility index (Phi) is 3.79. The molecule has 2 atom stereocenters. The molecule has 0 spiro atoms. The molecule has 1 aliphatic carbocycles. The molecule has 0 aliphatic heterocycles. The molecule has 3 nitrogen and oxygen atoms in total. The fourth-order valence-corrected chi connectivity index (χ4v) is 2.35. The summed E-state index contributed by atoms with van der Waals surface area (Å²) in [7, 11) is 0. The van der Waals surface area contributed by atoms with Gasteiger partial charge in [-0.25, -0.2) is 0 Å². The first-order valence-corrected chi connectivity index (χ1v) is 6.23. The van der Waals surface area contributed by atoms with Gasteiger partial charge in [0.05, 0.1) is 12.1 Å². The van der Waals surface area contributed by atoms with Crippen LogP contribution in [-0.4, -0.2) is 23.2 Å². The molecule has 0 saturated heterocycles.